The fourth-order valence-electron chi connectivity index (χ4n) is 1.51. The topological polar surface area (TPSA) is 46.2 Å². The smallest absolute Gasteiger partial charge is 0.211 e. The standard InChI is InChI=1S/C11H16ClNO2S/c1-3-9-5-6-11(7-10(9)8-12)16(14,15)13-4-2/h5-7,13H,3-4,8H2,1-2H3. The zero-order valence-corrected chi connectivity index (χ0v) is 11.0. The first-order valence-electron chi connectivity index (χ1n) is 5.22. The van der Waals surface area contributed by atoms with E-state index >= 15 is 0 Å². The van der Waals surface area contributed by atoms with Crippen molar-refractivity contribution in [2.75, 3.05) is 6.54 Å². The number of sulfonamides is 1. The van der Waals surface area contributed by atoms with E-state index < -0.39 is 10.0 Å². The van der Waals surface area contributed by atoms with Crippen molar-refractivity contribution in [2.45, 2.75) is 31.0 Å². The van der Waals surface area contributed by atoms with Crippen LogP contribution in [-0.4, -0.2) is 15.0 Å². The number of aryl methyl sites for hydroxylation is 1. The minimum absolute atomic E-state index is 0.280. The molecule has 0 bridgehead atoms. The van der Waals surface area contributed by atoms with Gasteiger partial charge in [-0.2, -0.15) is 0 Å². The van der Waals surface area contributed by atoms with Gasteiger partial charge in [-0.3, -0.25) is 0 Å². The van der Waals surface area contributed by atoms with Crippen molar-refractivity contribution in [1.29, 1.82) is 0 Å². The van der Waals surface area contributed by atoms with Gasteiger partial charge in [-0.1, -0.05) is 19.9 Å². The molecule has 0 aliphatic heterocycles. The Balaban J connectivity index is 3.18. The SMILES string of the molecule is CCNS(=O)(=O)c1ccc(CC)c(CCl)c1. The van der Waals surface area contributed by atoms with Gasteiger partial charge in [0.05, 0.1) is 4.90 Å². The summed E-state index contributed by atoms with van der Waals surface area (Å²) in [5.74, 6) is 0.332. The molecule has 3 nitrogen and oxygen atoms in total. The lowest BCUT2D eigenvalue weighted by atomic mass is 10.1. The predicted molar refractivity (Wildman–Crippen MR) is 66.2 cm³/mol. The van der Waals surface area contributed by atoms with Gasteiger partial charge >= 0.3 is 0 Å². The highest BCUT2D eigenvalue weighted by Gasteiger charge is 2.13. The summed E-state index contributed by atoms with van der Waals surface area (Å²) in [6.07, 6.45) is 0.851. The van der Waals surface area contributed by atoms with Crippen LogP contribution in [0.5, 0.6) is 0 Å². The van der Waals surface area contributed by atoms with Gasteiger partial charge in [0.1, 0.15) is 0 Å². The fraction of sp³-hybridized carbons (Fsp3) is 0.455. The Morgan fingerprint density at radius 3 is 2.44 bits per heavy atom. The monoisotopic (exact) mass is 261 g/mol. The van der Waals surface area contributed by atoms with E-state index in [1.165, 1.54) is 0 Å². The zero-order valence-electron chi connectivity index (χ0n) is 9.46. The average Bonchev–Trinajstić information content (AvgIpc) is 2.28. The maximum Gasteiger partial charge on any atom is 0.240 e. The number of hydrogen-bond donors (Lipinski definition) is 1. The molecule has 0 saturated carbocycles. The lowest BCUT2D eigenvalue weighted by Crippen LogP contribution is -2.23. The number of hydrogen-bond acceptors (Lipinski definition) is 2. The normalized spacial score (nSPS) is 11.7. The van der Waals surface area contributed by atoms with Crippen LogP contribution in [0.25, 0.3) is 0 Å². The Morgan fingerprint density at radius 1 is 1.25 bits per heavy atom. The zero-order chi connectivity index (χ0) is 12.2. The largest absolute Gasteiger partial charge is 0.240 e. The molecular weight excluding hydrogens is 246 g/mol. The fourth-order valence-corrected chi connectivity index (χ4v) is 2.85. The predicted octanol–water partition coefficient (Wildman–Crippen LogP) is 2.29. The summed E-state index contributed by atoms with van der Waals surface area (Å²) >= 11 is 5.79. The number of nitrogens with one attached hydrogen (secondary N) is 1. The van der Waals surface area contributed by atoms with Crippen molar-refractivity contribution < 1.29 is 8.42 Å². The molecule has 0 unspecified atom stereocenters. The van der Waals surface area contributed by atoms with E-state index in [4.69, 9.17) is 11.6 Å². The molecule has 0 amide bonds. The van der Waals surface area contributed by atoms with Crippen LogP contribution in [0.1, 0.15) is 25.0 Å². The number of halogens is 1. The van der Waals surface area contributed by atoms with Crippen molar-refractivity contribution in [2.24, 2.45) is 0 Å². The average molecular weight is 262 g/mol. The van der Waals surface area contributed by atoms with Gasteiger partial charge < -0.3 is 0 Å². The second kappa shape index (κ2) is 5.66. The maximum absolute atomic E-state index is 11.7. The summed E-state index contributed by atoms with van der Waals surface area (Å²) in [5.41, 5.74) is 1.97. The summed E-state index contributed by atoms with van der Waals surface area (Å²) in [6.45, 7) is 4.15. The quantitative estimate of drug-likeness (QED) is 0.827. The molecule has 0 heterocycles. The van der Waals surface area contributed by atoms with Crippen LogP contribution in [-0.2, 0) is 22.3 Å². The molecule has 0 radical (unpaired) electrons. The molecule has 1 aromatic rings. The molecule has 0 spiro atoms. The molecule has 0 saturated heterocycles. The third-order valence-electron chi connectivity index (χ3n) is 2.35. The second-order valence-electron chi connectivity index (χ2n) is 3.42. The molecular formula is C11H16ClNO2S. The molecule has 1 aromatic carbocycles. The van der Waals surface area contributed by atoms with Gasteiger partial charge in [-0.25, -0.2) is 13.1 Å². The van der Waals surface area contributed by atoms with Gasteiger partial charge in [0.15, 0.2) is 0 Å². The van der Waals surface area contributed by atoms with Crippen molar-refractivity contribution in [1.82, 2.24) is 4.72 Å². The van der Waals surface area contributed by atoms with E-state index in [-0.39, 0.29) is 4.90 Å². The van der Waals surface area contributed by atoms with E-state index in [1.54, 1.807) is 19.1 Å². The van der Waals surface area contributed by atoms with Gasteiger partial charge in [-0.15, -0.1) is 11.6 Å². The van der Waals surface area contributed by atoms with Crippen LogP contribution in [0, 0.1) is 0 Å². The Labute approximate surface area is 102 Å². The van der Waals surface area contributed by atoms with Crippen LogP contribution in [0.15, 0.2) is 23.1 Å². The molecule has 5 heteroatoms. The number of alkyl halides is 1. The number of rotatable bonds is 5. The van der Waals surface area contributed by atoms with Crippen molar-refractivity contribution >= 4 is 21.6 Å². The third-order valence-corrected chi connectivity index (χ3v) is 4.18. The maximum atomic E-state index is 11.7. The van der Waals surface area contributed by atoms with Crippen LogP contribution < -0.4 is 4.72 Å². The molecule has 0 aliphatic rings. The summed E-state index contributed by atoms with van der Waals surface area (Å²) < 4.78 is 25.9. The van der Waals surface area contributed by atoms with E-state index in [2.05, 4.69) is 4.72 Å². The molecule has 0 atom stereocenters. The van der Waals surface area contributed by atoms with Crippen molar-refractivity contribution in [3.05, 3.63) is 29.3 Å². The lowest BCUT2D eigenvalue weighted by molar-refractivity contribution is 0.584. The summed E-state index contributed by atoms with van der Waals surface area (Å²) in [5, 5.41) is 0. The minimum Gasteiger partial charge on any atom is -0.211 e. The van der Waals surface area contributed by atoms with Crippen LogP contribution >= 0.6 is 11.6 Å². The molecule has 16 heavy (non-hydrogen) atoms. The highest BCUT2D eigenvalue weighted by atomic mass is 35.5. The first kappa shape index (κ1) is 13.5. The Bertz CT molecular complexity index is 457. The first-order valence-corrected chi connectivity index (χ1v) is 7.24. The molecule has 1 rings (SSSR count). The second-order valence-corrected chi connectivity index (χ2v) is 5.45. The van der Waals surface area contributed by atoms with Crippen LogP contribution in [0.3, 0.4) is 0 Å². The lowest BCUT2D eigenvalue weighted by Gasteiger charge is -2.09. The van der Waals surface area contributed by atoms with Crippen molar-refractivity contribution in [3.8, 4) is 0 Å². The van der Waals surface area contributed by atoms with E-state index in [9.17, 15) is 8.42 Å². The summed E-state index contributed by atoms with van der Waals surface area (Å²) in [6, 6.07) is 5.08. The molecule has 0 fully saturated rings. The van der Waals surface area contributed by atoms with E-state index in [0.717, 1.165) is 17.5 Å². The van der Waals surface area contributed by atoms with Gasteiger partial charge in [-0.05, 0) is 29.7 Å². The van der Waals surface area contributed by atoms with Gasteiger partial charge in [0.2, 0.25) is 10.0 Å². The van der Waals surface area contributed by atoms with Gasteiger partial charge in [0.25, 0.3) is 0 Å². The Morgan fingerprint density at radius 2 is 1.94 bits per heavy atom. The summed E-state index contributed by atoms with van der Waals surface area (Å²) in [4.78, 5) is 0.280. The van der Waals surface area contributed by atoms with Gasteiger partial charge in [0, 0.05) is 12.4 Å². The molecule has 0 aliphatic carbocycles. The minimum atomic E-state index is -3.38. The van der Waals surface area contributed by atoms with Crippen molar-refractivity contribution in [3.63, 3.8) is 0 Å². The first-order chi connectivity index (χ1) is 7.55. The summed E-state index contributed by atoms with van der Waals surface area (Å²) in [7, 11) is -3.38. The molecule has 0 aromatic heterocycles. The molecule has 90 valence electrons. The third kappa shape index (κ3) is 2.97. The van der Waals surface area contributed by atoms with Crippen LogP contribution in [0.4, 0.5) is 0 Å². The van der Waals surface area contributed by atoms with Crippen LogP contribution in [0.2, 0.25) is 0 Å². The highest BCUT2D eigenvalue weighted by Crippen LogP contribution is 2.18. The molecule has 1 N–H and O–H groups in total. The Kier molecular flexibility index (Phi) is 4.77. The number of benzene rings is 1. The Hall–Kier alpha value is -0.580. The van der Waals surface area contributed by atoms with E-state index in [0.29, 0.717) is 12.4 Å². The highest BCUT2D eigenvalue weighted by molar-refractivity contribution is 7.89. The van der Waals surface area contributed by atoms with E-state index in [1.807, 2.05) is 13.0 Å².